The van der Waals surface area contributed by atoms with E-state index >= 15 is 0 Å². The minimum atomic E-state index is -0.588. The van der Waals surface area contributed by atoms with Crippen LogP contribution in [-0.2, 0) is 16.2 Å². The van der Waals surface area contributed by atoms with E-state index in [1.807, 2.05) is 0 Å². The molecule has 0 spiro atoms. The third-order valence-corrected chi connectivity index (χ3v) is 27.9. The van der Waals surface area contributed by atoms with E-state index in [1.54, 1.807) is 0 Å². The van der Waals surface area contributed by atoms with Gasteiger partial charge in [-0.15, -0.1) is 0 Å². The summed E-state index contributed by atoms with van der Waals surface area (Å²) >= 11 is 0. The topological polar surface area (TPSA) is 19.7 Å². The van der Waals surface area contributed by atoms with Crippen molar-refractivity contribution in [1.82, 2.24) is 18.3 Å². The Morgan fingerprint density at radius 2 is 0.338 bits per heavy atom. The van der Waals surface area contributed by atoms with Gasteiger partial charge in [-0.25, -0.2) is 0 Å². The van der Waals surface area contributed by atoms with Gasteiger partial charge in [0.25, 0.3) is 0 Å². The summed E-state index contributed by atoms with van der Waals surface area (Å²) in [5.74, 6) is 0. The third kappa shape index (κ3) is 13.0. The van der Waals surface area contributed by atoms with Gasteiger partial charge in [0.2, 0.25) is 0 Å². The van der Waals surface area contributed by atoms with Crippen LogP contribution in [0.15, 0.2) is 546 Å². The molecule has 0 N–H and O–H groups in total. The maximum Gasteiger partial charge on any atom is 0.0702 e. The van der Waals surface area contributed by atoms with Crippen molar-refractivity contribution < 1.29 is 0 Å². The van der Waals surface area contributed by atoms with E-state index in [4.69, 9.17) is 0 Å². The van der Waals surface area contributed by atoms with Crippen LogP contribution in [0.2, 0.25) is 0 Å². The second kappa shape index (κ2) is 33.5. The molecule has 0 saturated heterocycles. The lowest BCUT2D eigenvalue weighted by Crippen LogP contribution is -2.31. The van der Waals surface area contributed by atoms with Crippen LogP contribution in [0.5, 0.6) is 0 Å². The zero-order valence-electron chi connectivity index (χ0n) is 73.3. The number of hydrogen-bond acceptors (Lipinski definition) is 0. The highest BCUT2D eigenvalue weighted by Gasteiger charge is 2.42. The van der Waals surface area contributed by atoms with Gasteiger partial charge in [-0.05, 0) is 175 Å². The van der Waals surface area contributed by atoms with Crippen molar-refractivity contribution in [2.24, 2.45) is 0 Å². The number of rotatable bonds is 18. The summed E-state index contributed by atoms with van der Waals surface area (Å²) in [6.07, 6.45) is 0. The number of aromatic nitrogens is 4. The normalized spacial score (nSPS) is 11.9. The van der Waals surface area contributed by atoms with Gasteiger partial charge in [-0.2, -0.15) is 0 Å². The zero-order valence-corrected chi connectivity index (χ0v) is 73.3. The highest BCUT2D eigenvalue weighted by molar-refractivity contribution is 6.15. The number of benzene rings is 21. The maximum atomic E-state index is 2.49. The molecule has 0 aliphatic heterocycles. The second-order valence-corrected chi connectivity index (χ2v) is 34.8. The van der Waals surface area contributed by atoms with E-state index in [0.717, 1.165) is 50.4 Å². The van der Waals surface area contributed by atoms with Gasteiger partial charge < -0.3 is 18.3 Å². The molecule has 0 aliphatic rings. The van der Waals surface area contributed by atoms with Crippen LogP contribution in [-0.4, -0.2) is 18.3 Å². The predicted molar refractivity (Wildman–Crippen MR) is 556 cm³/mol. The molecular weight excluding hydrogens is 1610 g/mol. The van der Waals surface area contributed by atoms with Gasteiger partial charge in [0, 0.05) is 65.6 Å². The van der Waals surface area contributed by atoms with Gasteiger partial charge >= 0.3 is 0 Å². The van der Waals surface area contributed by atoms with Crippen LogP contribution in [0.4, 0.5) is 0 Å². The van der Waals surface area contributed by atoms with Crippen LogP contribution in [0, 0.1) is 0 Å². The smallest absolute Gasteiger partial charge is 0.0702 e. The molecule has 133 heavy (non-hydrogen) atoms. The molecule has 626 valence electrons. The van der Waals surface area contributed by atoms with Crippen LogP contribution in [0.1, 0.15) is 66.8 Å². The minimum absolute atomic E-state index is 0.537. The Morgan fingerprint density at radius 3 is 0.639 bits per heavy atom. The average Bonchev–Trinajstić information content (AvgIpc) is 1.54. The predicted octanol–water partition coefficient (Wildman–Crippen LogP) is 32.2. The summed E-state index contributed by atoms with van der Waals surface area (Å²) in [4.78, 5) is 0. The summed E-state index contributed by atoms with van der Waals surface area (Å²) in [6.45, 7) is 0. The summed E-state index contributed by atoms with van der Waals surface area (Å²) in [6, 6.07) is 200. The highest BCUT2D eigenvalue weighted by atomic mass is 15.0. The monoisotopic (exact) mass is 1690 g/mol. The van der Waals surface area contributed by atoms with Crippen LogP contribution < -0.4 is 0 Å². The SMILES string of the molecule is c1ccc(C(c2ccccc2)(c2ccccc2)c2cccc(-c3ccccc3-n3c4ccccc4c4cc(-n5c6ccccc6c6ccc(C(c7ccccc7)(c7ccccc7)c7ccccc7)cc65)ccc43)c2)cc1.c1ccc(C(c2ccccc2)(c2ccccc2)c2cccc(-c3ccccc3-n3c4ccccc4c4cc(-n5c6ccccc6c6ccccc65)ccc43)c2)cc1. The van der Waals surface area contributed by atoms with Gasteiger partial charge in [-0.3, -0.25) is 0 Å². The first kappa shape index (κ1) is 79.2. The molecule has 0 aliphatic carbocycles. The number of hydrogen-bond donors (Lipinski definition) is 0. The quantitative estimate of drug-likeness (QED) is 0.0763. The molecule has 0 bridgehead atoms. The molecule has 0 atom stereocenters. The molecule has 0 radical (unpaired) electrons. The van der Waals surface area contributed by atoms with E-state index in [9.17, 15) is 0 Å². The van der Waals surface area contributed by atoms with Crippen molar-refractivity contribution in [2.75, 3.05) is 0 Å². The molecule has 0 unspecified atom stereocenters. The lowest BCUT2D eigenvalue weighted by Gasteiger charge is -2.37. The molecule has 4 heteroatoms. The number of fused-ring (bicyclic) bond motifs is 12. The summed E-state index contributed by atoms with van der Waals surface area (Å²) in [5.41, 5.74) is 31.6. The maximum absolute atomic E-state index is 2.49. The van der Waals surface area contributed by atoms with Gasteiger partial charge in [0.15, 0.2) is 0 Å². The van der Waals surface area contributed by atoms with E-state index in [0.29, 0.717) is 0 Å². The third-order valence-electron chi connectivity index (χ3n) is 27.9. The van der Waals surface area contributed by atoms with Crippen molar-refractivity contribution in [3.05, 3.63) is 613 Å². The molecule has 0 fully saturated rings. The van der Waals surface area contributed by atoms with Crippen molar-refractivity contribution in [3.63, 3.8) is 0 Å². The first-order valence-electron chi connectivity index (χ1n) is 46.0. The zero-order chi connectivity index (χ0) is 88.2. The largest absolute Gasteiger partial charge is 0.309 e. The Kier molecular flexibility index (Phi) is 19.9. The van der Waals surface area contributed by atoms with Gasteiger partial charge in [0.1, 0.15) is 0 Å². The Labute approximate surface area is 774 Å². The van der Waals surface area contributed by atoms with E-state index in [1.165, 1.54) is 149 Å². The molecule has 25 aromatic rings. The van der Waals surface area contributed by atoms with Crippen LogP contribution in [0.25, 0.3) is 132 Å². The van der Waals surface area contributed by atoms with E-state index in [2.05, 4.69) is 564 Å². The van der Waals surface area contributed by atoms with Gasteiger partial charge in [-0.1, -0.05) is 449 Å². The molecule has 25 rings (SSSR count). The highest BCUT2D eigenvalue weighted by Crippen LogP contribution is 2.52. The van der Waals surface area contributed by atoms with E-state index < -0.39 is 16.2 Å². The summed E-state index contributed by atoms with van der Waals surface area (Å²) < 4.78 is 9.84. The first-order chi connectivity index (χ1) is 66.0. The molecule has 4 heterocycles. The average molecular weight is 1700 g/mol. The fraction of sp³-hybridized carbons (Fsp3) is 0.0233. The van der Waals surface area contributed by atoms with Crippen molar-refractivity contribution in [3.8, 4) is 45.0 Å². The second-order valence-electron chi connectivity index (χ2n) is 34.8. The molecule has 0 amide bonds. The Bertz CT molecular complexity index is 8250. The van der Waals surface area contributed by atoms with Gasteiger partial charge in [0.05, 0.1) is 71.8 Å². The van der Waals surface area contributed by atoms with Crippen molar-refractivity contribution in [1.29, 1.82) is 0 Å². The van der Waals surface area contributed by atoms with Crippen LogP contribution in [0.3, 0.4) is 0 Å². The van der Waals surface area contributed by atoms with Crippen LogP contribution >= 0.6 is 0 Å². The fourth-order valence-electron chi connectivity index (χ4n) is 22.3. The first-order valence-corrected chi connectivity index (χ1v) is 46.0. The standard InChI is InChI=1S/C74H52N2.C55H38N2/c1-7-27-54(28-8-1)73(55-29-9-2-10-30-55,56-31-11-3-12-32-56)60-39-25-26-53(50-60)63-40-19-22-43-68(63)76-70-45-24-21-42-65(70)67-52-62(47-49-71(67)76)75-69-44-23-20-41-64(69)66-48-46-61(51-72(66)75)74(57-33-13-4-14-34-57,58-35-15-5-16-36-58)59-37-17-6-18-38-59;1-4-20-40(21-5-1)55(41-22-6-2-7-23-41,42-24-8-3-9-25-42)43-26-18-19-39(37-43)45-27-10-14-31-50(45)57-53-34-17-13-30-48(53)49-38-44(35-36-54(49)57)56-51-32-15-11-28-46(51)47-29-12-16-33-52(47)56/h1-52H;1-38H. The molecular formula is C129H90N4. The molecule has 0 saturated carbocycles. The van der Waals surface area contributed by atoms with E-state index in [-0.39, 0.29) is 0 Å². The number of nitrogens with zero attached hydrogens (tertiary/aromatic N) is 4. The van der Waals surface area contributed by atoms with Crippen molar-refractivity contribution in [2.45, 2.75) is 16.2 Å². The Balaban J connectivity index is 0.000000152. The molecule has 4 nitrogen and oxygen atoms in total. The lowest BCUT2D eigenvalue weighted by atomic mass is 9.65. The summed E-state index contributed by atoms with van der Waals surface area (Å²) in [7, 11) is 0. The lowest BCUT2D eigenvalue weighted by molar-refractivity contribution is 0.745. The summed E-state index contributed by atoms with van der Waals surface area (Å²) in [5, 5.41) is 9.84. The Hall–Kier alpha value is -17.2. The van der Waals surface area contributed by atoms with Crippen molar-refractivity contribution >= 4 is 87.2 Å². The minimum Gasteiger partial charge on any atom is -0.309 e. The Morgan fingerprint density at radius 1 is 0.120 bits per heavy atom. The fourth-order valence-corrected chi connectivity index (χ4v) is 22.3. The number of para-hydroxylation sites is 7. The molecule has 4 aromatic heterocycles. The molecule has 21 aromatic carbocycles.